The van der Waals surface area contributed by atoms with Crippen molar-refractivity contribution in [3.8, 4) is 0 Å². The standard InChI is InChI=1S/C14H9FN4O2/c15-9-1-3-10(4-2-9)18-14-12-7-11(19(20)21)5-6-13(12)16-8-17-14/h1-8H,(H,16,17,18). The average Bonchev–Trinajstić information content (AvgIpc) is 2.49. The van der Waals surface area contributed by atoms with E-state index in [-0.39, 0.29) is 11.5 Å². The number of non-ortho nitro benzene ring substituents is 1. The first-order valence-electron chi connectivity index (χ1n) is 6.05. The summed E-state index contributed by atoms with van der Waals surface area (Å²) in [6.45, 7) is 0. The summed E-state index contributed by atoms with van der Waals surface area (Å²) >= 11 is 0. The number of rotatable bonds is 3. The minimum atomic E-state index is -0.478. The molecule has 6 nitrogen and oxygen atoms in total. The van der Waals surface area contributed by atoms with Gasteiger partial charge in [0.1, 0.15) is 18.0 Å². The largest absolute Gasteiger partial charge is 0.340 e. The fraction of sp³-hybridized carbons (Fsp3) is 0. The van der Waals surface area contributed by atoms with Crippen molar-refractivity contribution in [2.24, 2.45) is 0 Å². The second kappa shape index (κ2) is 5.12. The number of aromatic nitrogens is 2. The number of halogens is 1. The lowest BCUT2D eigenvalue weighted by Gasteiger charge is -2.08. The highest BCUT2D eigenvalue weighted by Crippen LogP contribution is 2.26. The van der Waals surface area contributed by atoms with Crippen molar-refractivity contribution < 1.29 is 9.31 Å². The number of nitrogens with zero attached hydrogens (tertiary/aromatic N) is 3. The molecule has 0 spiro atoms. The molecule has 7 heteroatoms. The number of benzene rings is 2. The van der Waals surface area contributed by atoms with Crippen molar-refractivity contribution in [2.75, 3.05) is 5.32 Å². The molecule has 0 aliphatic rings. The van der Waals surface area contributed by atoms with Crippen LogP contribution in [0.15, 0.2) is 48.8 Å². The maximum absolute atomic E-state index is 12.9. The Bertz CT molecular complexity index is 821. The Hall–Kier alpha value is -3.09. The van der Waals surface area contributed by atoms with E-state index in [1.807, 2.05) is 0 Å². The molecule has 21 heavy (non-hydrogen) atoms. The molecule has 0 atom stereocenters. The molecule has 0 fully saturated rings. The molecule has 0 amide bonds. The van der Waals surface area contributed by atoms with Crippen molar-refractivity contribution in [3.63, 3.8) is 0 Å². The molecule has 2 aromatic carbocycles. The Morgan fingerprint density at radius 2 is 1.86 bits per heavy atom. The van der Waals surface area contributed by atoms with E-state index in [1.54, 1.807) is 18.2 Å². The third-order valence-electron chi connectivity index (χ3n) is 2.94. The van der Waals surface area contributed by atoms with Gasteiger partial charge >= 0.3 is 0 Å². The summed E-state index contributed by atoms with van der Waals surface area (Å²) in [4.78, 5) is 18.5. The van der Waals surface area contributed by atoms with Crippen LogP contribution in [0.1, 0.15) is 0 Å². The number of nitro benzene ring substituents is 1. The van der Waals surface area contributed by atoms with Crippen LogP contribution in [-0.2, 0) is 0 Å². The van der Waals surface area contributed by atoms with E-state index in [2.05, 4.69) is 15.3 Å². The zero-order valence-electron chi connectivity index (χ0n) is 10.7. The number of nitrogens with one attached hydrogen (secondary N) is 1. The van der Waals surface area contributed by atoms with Crippen molar-refractivity contribution in [2.45, 2.75) is 0 Å². The van der Waals surface area contributed by atoms with E-state index in [9.17, 15) is 14.5 Å². The van der Waals surface area contributed by atoms with E-state index >= 15 is 0 Å². The first-order valence-corrected chi connectivity index (χ1v) is 6.05. The zero-order chi connectivity index (χ0) is 14.8. The van der Waals surface area contributed by atoms with Crippen LogP contribution in [-0.4, -0.2) is 14.9 Å². The first kappa shape index (κ1) is 12.9. The van der Waals surface area contributed by atoms with Crippen molar-refractivity contribution >= 4 is 28.1 Å². The molecule has 3 aromatic rings. The fourth-order valence-electron chi connectivity index (χ4n) is 1.93. The van der Waals surface area contributed by atoms with Crippen LogP contribution in [0.4, 0.5) is 21.6 Å². The first-order chi connectivity index (χ1) is 10.1. The minimum absolute atomic E-state index is 0.0422. The van der Waals surface area contributed by atoms with Crippen LogP contribution in [0.3, 0.4) is 0 Å². The third kappa shape index (κ3) is 2.62. The number of nitro groups is 1. The van der Waals surface area contributed by atoms with Gasteiger partial charge in [0.05, 0.1) is 10.4 Å². The van der Waals surface area contributed by atoms with Gasteiger partial charge in [-0.1, -0.05) is 0 Å². The maximum Gasteiger partial charge on any atom is 0.270 e. The van der Waals surface area contributed by atoms with Crippen LogP contribution in [0.2, 0.25) is 0 Å². The molecule has 0 saturated carbocycles. The molecular weight excluding hydrogens is 275 g/mol. The summed E-state index contributed by atoms with van der Waals surface area (Å²) in [7, 11) is 0. The van der Waals surface area contributed by atoms with Gasteiger partial charge in [0.15, 0.2) is 0 Å². The van der Waals surface area contributed by atoms with Gasteiger partial charge in [-0.25, -0.2) is 14.4 Å². The topological polar surface area (TPSA) is 81.0 Å². The van der Waals surface area contributed by atoms with Gasteiger partial charge in [0, 0.05) is 23.2 Å². The number of fused-ring (bicyclic) bond motifs is 1. The number of anilines is 2. The second-order valence-electron chi connectivity index (χ2n) is 4.31. The van der Waals surface area contributed by atoms with Gasteiger partial charge in [0.25, 0.3) is 5.69 Å². The van der Waals surface area contributed by atoms with E-state index < -0.39 is 4.92 Å². The molecule has 0 bridgehead atoms. The van der Waals surface area contributed by atoms with E-state index in [0.717, 1.165) is 0 Å². The van der Waals surface area contributed by atoms with Crippen LogP contribution in [0.25, 0.3) is 10.9 Å². The highest BCUT2D eigenvalue weighted by molar-refractivity contribution is 5.92. The van der Waals surface area contributed by atoms with E-state index in [4.69, 9.17) is 0 Å². The van der Waals surface area contributed by atoms with Crippen LogP contribution < -0.4 is 5.32 Å². The molecule has 104 valence electrons. The SMILES string of the molecule is O=[N+]([O-])c1ccc2ncnc(Nc3ccc(F)cc3)c2c1. The Balaban J connectivity index is 2.06. The van der Waals surface area contributed by atoms with Crippen LogP contribution in [0.5, 0.6) is 0 Å². The van der Waals surface area contributed by atoms with Crippen LogP contribution >= 0.6 is 0 Å². The summed E-state index contributed by atoms with van der Waals surface area (Å²) in [5.41, 5.74) is 1.17. The lowest BCUT2D eigenvalue weighted by atomic mass is 10.2. The Morgan fingerprint density at radius 3 is 2.57 bits per heavy atom. The minimum Gasteiger partial charge on any atom is -0.340 e. The molecule has 1 N–H and O–H groups in total. The Morgan fingerprint density at radius 1 is 1.10 bits per heavy atom. The van der Waals surface area contributed by atoms with Crippen LogP contribution in [0, 0.1) is 15.9 Å². The quantitative estimate of drug-likeness (QED) is 0.588. The number of hydrogen-bond donors (Lipinski definition) is 1. The van der Waals surface area contributed by atoms with Gasteiger partial charge in [-0.05, 0) is 30.3 Å². The molecular formula is C14H9FN4O2. The smallest absolute Gasteiger partial charge is 0.270 e. The third-order valence-corrected chi connectivity index (χ3v) is 2.94. The van der Waals surface area contributed by atoms with Gasteiger partial charge < -0.3 is 5.32 Å². The highest BCUT2D eigenvalue weighted by Gasteiger charge is 2.10. The summed E-state index contributed by atoms with van der Waals surface area (Å²) in [5.74, 6) is 0.0824. The Labute approximate surface area is 118 Å². The van der Waals surface area contributed by atoms with Gasteiger partial charge in [0.2, 0.25) is 0 Å². The van der Waals surface area contributed by atoms with E-state index in [1.165, 1.54) is 30.6 Å². The molecule has 0 aliphatic carbocycles. The molecule has 1 heterocycles. The second-order valence-corrected chi connectivity index (χ2v) is 4.31. The Kier molecular flexibility index (Phi) is 3.15. The predicted molar refractivity (Wildman–Crippen MR) is 75.9 cm³/mol. The zero-order valence-corrected chi connectivity index (χ0v) is 10.7. The fourth-order valence-corrected chi connectivity index (χ4v) is 1.93. The number of hydrogen-bond acceptors (Lipinski definition) is 5. The summed E-state index contributed by atoms with van der Waals surface area (Å²) in [6.07, 6.45) is 1.36. The summed E-state index contributed by atoms with van der Waals surface area (Å²) in [5, 5.41) is 14.4. The average molecular weight is 284 g/mol. The molecule has 0 unspecified atom stereocenters. The normalized spacial score (nSPS) is 10.5. The van der Waals surface area contributed by atoms with Gasteiger partial charge in [-0.3, -0.25) is 10.1 Å². The van der Waals surface area contributed by atoms with Gasteiger partial charge in [-0.2, -0.15) is 0 Å². The summed E-state index contributed by atoms with van der Waals surface area (Å²) < 4.78 is 12.9. The van der Waals surface area contributed by atoms with E-state index in [0.29, 0.717) is 22.4 Å². The molecule has 0 aliphatic heterocycles. The van der Waals surface area contributed by atoms with Crippen molar-refractivity contribution in [1.29, 1.82) is 0 Å². The molecule has 0 saturated heterocycles. The van der Waals surface area contributed by atoms with Gasteiger partial charge in [-0.15, -0.1) is 0 Å². The maximum atomic E-state index is 12.9. The lowest BCUT2D eigenvalue weighted by molar-refractivity contribution is -0.384. The lowest BCUT2D eigenvalue weighted by Crippen LogP contribution is -1.97. The van der Waals surface area contributed by atoms with Crippen molar-refractivity contribution in [1.82, 2.24) is 9.97 Å². The highest BCUT2D eigenvalue weighted by atomic mass is 19.1. The summed E-state index contributed by atoms with van der Waals surface area (Å²) in [6, 6.07) is 10.1. The predicted octanol–water partition coefficient (Wildman–Crippen LogP) is 3.42. The monoisotopic (exact) mass is 284 g/mol. The molecule has 3 rings (SSSR count). The van der Waals surface area contributed by atoms with Crippen molar-refractivity contribution in [3.05, 3.63) is 64.7 Å². The molecule has 0 radical (unpaired) electrons. The molecule has 1 aromatic heterocycles.